The lowest BCUT2D eigenvalue weighted by molar-refractivity contribution is -0.139. The van der Waals surface area contributed by atoms with Gasteiger partial charge in [0.2, 0.25) is 11.8 Å². The van der Waals surface area contributed by atoms with Gasteiger partial charge in [-0.1, -0.05) is 36.4 Å². The zero-order valence-electron chi connectivity index (χ0n) is 23.4. The van der Waals surface area contributed by atoms with E-state index in [9.17, 15) is 18.8 Å². The number of aromatic nitrogens is 4. The number of rotatable bonds is 9. The van der Waals surface area contributed by atoms with Crippen LogP contribution in [0.25, 0.3) is 22.0 Å². The van der Waals surface area contributed by atoms with Crippen molar-refractivity contribution < 1.29 is 23.5 Å². The van der Waals surface area contributed by atoms with Gasteiger partial charge in [-0.25, -0.2) is 4.39 Å². The SMILES string of the molecule is NC(=O)c1nn(CC(=O)N2C[C@H](F)CC2C(=O)N[C@@H]2CCCC2OCc2ccccc2)c2ccc(-c3ccnnc3)cc12. The van der Waals surface area contributed by atoms with Gasteiger partial charge in [-0.05, 0) is 48.6 Å². The number of nitrogens with zero attached hydrogens (tertiary/aromatic N) is 5. The van der Waals surface area contributed by atoms with Crippen molar-refractivity contribution in [3.8, 4) is 11.1 Å². The summed E-state index contributed by atoms with van der Waals surface area (Å²) < 4.78 is 22.1. The third-order valence-corrected chi connectivity index (χ3v) is 8.15. The van der Waals surface area contributed by atoms with Crippen LogP contribution >= 0.6 is 0 Å². The van der Waals surface area contributed by atoms with Crippen molar-refractivity contribution in [2.75, 3.05) is 6.54 Å². The molecule has 1 saturated carbocycles. The molecule has 0 bridgehead atoms. The molecular weight excluding hydrogens is 553 g/mol. The van der Waals surface area contributed by atoms with Crippen molar-refractivity contribution in [2.45, 2.75) is 63.2 Å². The molecule has 1 aliphatic carbocycles. The first kappa shape index (κ1) is 28.4. The van der Waals surface area contributed by atoms with Crippen LogP contribution in [0, 0.1) is 0 Å². The van der Waals surface area contributed by atoms with Gasteiger partial charge in [0.25, 0.3) is 5.91 Å². The van der Waals surface area contributed by atoms with Crippen molar-refractivity contribution in [3.63, 3.8) is 0 Å². The summed E-state index contributed by atoms with van der Waals surface area (Å²) in [4.78, 5) is 40.4. The highest BCUT2D eigenvalue weighted by Gasteiger charge is 2.41. The minimum absolute atomic E-state index is 0.00789. The van der Waals surface area contributed by atoms with Gasteiger partial charge in [0.05, 0.1) is 43.2 Å². The van der Waals surface area contributed by atoms with Crippen molar-refractivity contribution in [3.05, 3.63) is 78.2 Å². The molecule has 222 valence electrons. The predicted molar refractivity (Wildman–Crippen MR) is 155 cm³/mol. The molecule has 0 radical (unpaired) electrons. The van der Waals surface area contributed by atoms with E-state index < -0.39 is 29.9 Å². The number of carbonyl (C=O) groups is 3. The van der Waals surface area contributed by atoms with E-state index >= 15 is 0 Å². The Morgan fingerprint density at radius 3 is 2.65 bits per heavy atom. The summed E-state index contributed by atoms with van der Waals surface area (Å²) in [5, 5.41) is 15.5. The first-order valence-electron chi connectivity index (χ1n) is 14.3. The molecule has 3 N–H and O–H groups in total. The minimum Gasteiger partial charge on any atom is -0.371 e. The summed E-state index contributed by atoms with van der Waals surface area (Å²) in [5.74, 6) is -1.62. The number of fused-ring (bicyclic) bond motifs is 1. The topological polar surface area (TPSA) is 145 Å². The number of likely N-dealkylation sites (tertiary alicyclic amines) is 1. The van der Waals surface area contributed by atoms with Crippen LogP contribution in [-0.2, 0) is 27.5 Å². The molecule has 1 saturated heterocycles. The molecule has 2 aromatic heterocycles. The first-order chi connectivity index (χ1) is 20.9. The number of hydrogen-bond acceptors (Lipinski definition) is 7. The van der Waals surface area contributed by atoms with Gasteiger partial charge in [0.15, 0.2) is 5.69 Å². The van der Waals surface area contributed by atoms with Crippen LogP contribution < -0.4 is 11.1 Å². The Kier molecular flexibility index (Phi) is 8.10. The second-order valence-electron chi connectivity index (χ2n) is 11.0. The monoisotopic (exact) mass is 585 g/mol. The van der Waals surface area contributed by atoms with E-state index in [1.807, 2.05) is 36.4 Å². The smallest absolute Gasteiger partial charge is 0.269 e. The van der Waals surface area contributed by atoms with E-state index in [1.54, 1.807) is 30.6 Å². The molecule has 43 heavy (non-hydrogen) atoms. The lowest BCUT2D eigenvalue weighted by Crippen LogP contribution is -2.51. The van der Waals surface area contributed by atoms with Gasteiger partial charge in [0, 0.05) is 17.4 Å². The number of carbonyl (C=O) groups excluding carboxylic acids is 3. The van der Waals surface area contributed by atoms with Crippen molar-refractivity contribution >= 4 is 28.6 Å². The van der Waals surface area contributed by atoms with Crippen LogP contribution in [0.15, 0.2) is 67.0 Å². The van der Waals surface area contributed by atoms with Gasteiger partial charge >= 0.3 is 0 Å². The van der Waals surface area contributed by atoms with Crippen LogP contribution in [-0.4, -0.2) is 73.5 Å². The highest BCUT2D eigenvalue weighted by atomic mass is 19.1. The maximum absolute atomic E-state index is 14.7. The molecule has 3 heterocycles. The summed E-state index contributed by atoms with van der Waals surface area (Å²) in [7, 11) is 0. The fourth-order valence-corrected chi connectivity index (χ4v) is 6.00. The van der Waals surface area contributed by atoms with Gasteiger partial charge in [0.1, 0.15) is 18.8 Å². The quantitative estimate of drug-likeness (QED) is 0.307. The lowest BCUT2D eigenvalue weighted by atomic mass is 10.0. The highest BCUT2D eigenvalue weighted by Crippen LogP contribution is 2.28. The van der Waals surface area contributed by atoms with Gasteiger partial charge in [-0.2, -0.15) is 15.3 Å². The van der Waals surface area contributed by atoms with E-state index in [0.29, 0.717) is 17.5 Å². The van der Waals surface area contributed by atoms with E-state index in [-0.39, 0.29) is 37.4 Å². The number of benzene rings is 2. The summed E-state index contributed by atoms with van der Waals surface area (Å²) >= 11 is 0. The molecule has 2 aliphatic rings. The molecule has 2 fully saturated rings. The van der Waals surface area contributed by atoms with E-state index in [1.165, 1.54) is 9.58 Å². The molecule has 6 rings (SSSR count). The van der Waals surface area contributed by atoms with Crippen molar-refractivity contribution in [2.24, 2.45) is 5.73 Å². The molecule has 11 nitrogen and oxygen atoms in total. The number of nitrogens with one attached hydrogen (secondary N) is 1. The zero-order valence-corrected chi connectivity index (χ0v) is 23.4. The van der Waals surface area contributed by atoms with Gasteiger partial charge in [-0.15, -0.1) is 0 Å². The Labute approximate surface area is 247 Å². The number of nitrogens with two attached hydrogens (primary N) is 1. The van der Waals surface area contributed by atoms with Crippen molar-refractivity contribution in [1.82, 2.24) is 30.2 Å². The molecule has 2 aromatic carbocycles. The second-order valence-corrected chi connectivity index (χ2v) is 11.0. The molecule has 2 unspecified atom stereocenters. The molecular formula is C31H32FN7O4. The Morgan fingerprint density at radius 2 is 1.88 bits per heavy atom. The van der Waals surface area contributed by atoms with Crippen LogP contribution in [0.5, 0.6) is 0 Å². The second kappa shape index (κ2) is 12.3. The van der Waals surface area contributed by atoms with Crippen LogP contribution in [0.4, 0.5) is 4.39 Å². The normalized spacial score (nSPS) is 21.7. The maximum atomic E-state index is 14.7. The molecule has 4 aromatic rings. The Morgan fingerprint density at radius 1 is 1.05 bits per heavy atom. The van der Waals surface area contributed by atoms with E-state index in [4.69, 9.17) is 10.5 Å². The number of primary amides is 1. The molecule has 12 heteroatoms. The molecule has 4 atom stereocenters. The fraction of sp³-hybridized carbons (Fsp3) is 0.355. The van der Waals surface area contributed by atoms with Crippen LogP contribution in [0.1, 0.15) is 41.7 Å². The number of hydrogen-bond donors (Lipinski definition) is 2. The number of ether oxygens (including phenoxy) is 1. The average Bonchev–Trinajstić information content (AvgIpc) is 3.74. The largest absolute Gasteiger partial charge is 0.371 e. The highest BCUT2D eigenvalue weighted by molar-refractivity contribution is 6.05. The summed E-state index contributed by atoms with van der Waals surface area (Å²) in [6.07, 6.45) is 4.03. The Hall–Kier alpha value is -4.71. The first-order valence-corrected chi connectivity index (χ1v) is 14.3. The third kappa shape index (κ3) is 6.09. The van der Waals surface area contributed by atoms with E-state index in [2.05, 4.69) is 20.6 Å². The minimum atomic E-state index is -1.33. The zero-order chi connectivity index (χ0) is 29.9. The maximum Gasteiger partial charge on any atom is 0.269 e. The molecule has 1 aliphatic heterocycles. The number of amides is 3. The summed E-state index contributed by atoms with van der Waals surface area (Å²) in [5.41, 5.74) is 8.73. The average molecular weight is 586 g/mol. The van der Waals surface area contributed by atoms with Crippen LogP contribution in [0.2, 0.25) is 0 Å². The molecule has 0 spiro atoms. The molecule has 3 amide bonds. The Balaban J connectivity index is 1.16. The summed E-state index contributed by atoms with van der Waals surface area (Å²) in [6.45, 7) is -0.0518. The fourth-order valence-electron chi connectivity index (χ4n) is 6.00. The van der Waals surface area contributed by atoms with E-state index in [0.717, 1.165) is 36.0 Å². The number of alkyl halides is 1. The Bertz CT molecular complexity index is 1630. The third-order valence-electron chi connectivity index (χ3n) is 8.15. The van der Waals surface area contributed by atoms with Crippen molar-refractivity contribution in [1.29, 1.82) is 0 Å². The summed E-state index contributed by atoms with van der Waals surface area (Å²) in [6, 6.07) is 15.7. The standard InChI is InChI=1S/C31H32FN7O4/c32-22-14-26(31(42)36-24-7-4-8-27(24)43-18-19-5-2-1-3-6-19)38(16-22)28(40)17-39-25-10-9-20(21-11-12-34-35-15-21)13-23(25)29(37-39)30(33)41/h1-3,5-6,9-13,15,22,24,26-27H,4,7-8,14,16-18H2,(H2,33,41)(H,36,42)/t22-,24-,26?,27?/m1/s1. The van der Waals surface area contributed by atoms with Gasteiger partial charge < -0.3 is 20.7 Å². The van der Waals surface area contributed by atoms with Gasteiger partial charge in [-0.3, -0.25) is 19.1 Å². The predicted octanol–water partition coefficient (Wildman–Crippen LogP) is 2.79. The number of halogens is 1. The lowest BCUT2D eigenvalue weighted by Gasteiger charge is -2.27. The van der Waals surface area contributed by atoms with Crippen LogP contribution in [0.3, 0.4) is 0 Å².